The van der Waals surface area contributed by atoms with Crippen LogP contribution in [-0.4, -0.2) is 31.7 Å². The van der Waals surface area contributed by atoms with Gasteiger partial charge in [0.2, 0.25) is 0 Å². The van der Waals surface area contributed by atoms with Gasteiger partial charge in [-0.2, -0.15) is 0 Å². The van der Waals surface area contributed by atoms with Crippen LogP contribution in [0.1, 0.15) is 6.42 Å². The Morgan fingerprint density at radius 2 is 2.33 bits per heavy atom. The van der Waals surface area contributed by atoms with E-state index in [0.29, 0.717) is 6.10 Å². The largest absolute Gasteiger partial charge is 0.380 e. The van der Waals surface area contributed by atoms with Gasteiger partial charge in [0.1, 0.15) is 0 Å². The average molecular weight is 150 g/mol. The van der Waals surface area contributed by atoms with Crippen molar-refractivity contribution < 1.29 is 4.74 Å². The molecule has 0 spiro atoms. The monoisotopic (exact) mass is 149 g/mol. The molecular weight excluding hydrogens is 138 g/mol. The molecule has 0 bridgehead atoms. The van der Waals surface area contributed by atoms with Crippen molar-refractivity contribution in [1.29, 1.82) is 0 Å². The maximum absolute atomic E-state index is 5.85. The molecule has 2 atom stereocenters. The molecule has 0 amide bonds. The van der Waals surface area contributed by atoms with Crippen molar-refractivity contribution in [2.45, 2.75) is 17.9 Å². The Morgan fingerprint density at radius 1 is 1.56 bits per heavy atom. The van der Waals surface area contributed by atoms with E-state index < -0.39 is 0 Å². The number of hydrogen-bond donors (Lipinski definition) is 1. The van der Waals surface area contributed by atoms with Crippen molar-refractivity contribution in [3.05, 3.63) is 0 Å². The van der Waals surface area contributed by atoms with Crippen LogP contribution in [0.3, 0.4) is 0 Å². The van der Waals surface area contributed by atoms with E-state index >= 15 is 0 Å². The van der Waals surface area contributed by atoms with Gasteiger partial charge >= 0.3 is 0 Å². The van der Waals surface area contributed by atoms with Crippen LogP contribution in [0.15, 0.2) is 0 Å². The SMILES string of the molecule is COC1CNCC(Cl)C1. The van der Waals surface area contributed by atoms with Gasteiger partial charge in [0, 0.05) is 25.6 Å². The van der Waals surface area contributed by atoms with Gasteiger partial charge in [0.15, 0.2) is 0 Å². The number of halogens is 1. The summed E-state index contributed by atoms with van der Waals surface area (Å²) >= 11 is 5.85. The van der Waals surface area contributed by atoms with E-state index in [-0.39, 0.29) is 5.38 Å². The zero-order valence-corrected chi connectivity index (χ0v) is 6.32. The number of piperidine rings is 1. The molecule has 0 aromatic rings. The first-order valence-corrected chi connectivity index (χ1v) is 3.64. The van der Waals surface area contributed by atoms with Crippen LogP contribution in [0.5, 0.6) is 0 Å². The lowest BCUT2D eigenvalue weighted by molar-refractivity contribution is 0.0823. The first-order valence-electron chi connectivity index (χ1n) is 3.20. The van der Waals surface area contributed by atoms with E-state index in [0.717, 1.165) is 19.5 Å². The molecule has 1 N–H and O–H groups in total. The summed E-state index contributed by atoms with van der Waals surface area (Å²) in [6, 6.07) is 0. The van der Waals surface area contributed by atoms with Gasteiger partial charge in [-0.05, 0) is 6.42 Å². The molecule has 1 fully saturated rings. The maximum Gasteiger partial charge on any atom is 0.0710 e. The van der Waals surface area contributed by atoms with Gasteiger partial charge in [-0.1, -0.05) is 0 Å². The number of hydrogen-bond acceptors (Lipinski definition) is 2. The van der Waals surface area contributed by atoms with Crippen molar-refractivity contribution in [2.75, 3.05) is 20.2 Å². The fourth-order valence-corrected chi connectivity index (χ4v) is 1.34. The van der Waals surface area contributed by atoms with Gasteiger partial charge < -0.3 is 10.1 Å². The van der Waals surface area contributed by atoms with Gasteiger partial charge in [-0.15, -0.1) is 11.6 Å². The first kappa shape index (κ1) is 7.32. The summed E-state index contributed by atoms with van der Waals surface area (Å²) < 4.78 is 5.11. The fraction of sp³-hybridized carbons (Fsp3) is 1.00. The number of ether oxygens (including phenoxy) is 1. The average Bonchev–Trinajstić information content (AvgIpc) is 1.88. The Morgan fingerprint density at radius 3 is 2.78 bits per heavy atom. The Bertz CT molecular complexity index is 89.1. The second-order valence-corrected chi connectivity index (χ2v) is 2.97. The summed E-state index contributed by atoms with van der Waals surface area (Å²) in [5, 5.41) is 3.43. The molecule has 9 heavy (non-hydrogen) atoms. The summed E-state index contributed by atoms with van der Waals surface area (Å²) in [5.41, 5.74) is 0. The van der Waals surface area contributed by atoms with Gasteiger partial charge in [0.25, 0.3) is 0 Å². The highest BCUT2D eigenvalue weighted by atomic mass is 35.5. The van der Waals surface area contributed by atoms with Gasteiger partial charge in [-0.25, -0.2) is 0 Å². The second kappa shape index (κ2) is 3.40. The van der Waals surface area contributed by atoms with Crippen LogP contribution >= 0.6 is 11.6 Å². The zero-order chi connectivity index (χ0) is 6.69. The molecule has 2 unspecified atom stereocenters. The van der Waals surface area contributed by atoms with E-state index in [1.165, 1.54) is 0 Å². The highest BCUT2D eigenvalue weighted by Crippen LogP contribution is 2.10. The summed E-state index contributed by atoms with van der Waals surface area (Å²) in [7, 11) is 1.72. The molecule has 0 saturated carbocycles. The Hall–Kier alpha value is 0.210. The quantitative estimate of drug-likeness (QED) is 0.552. The molecule has 54 valence electrons. The van der Waals surface area contributed by atoms with Crippen LogP contribution in [-0.2, 0) is 4.74 Å². The minimum atomic E-state index is 0.253. The molecule has 0 aromatic heterocycles. The smallest absolute Gasteiger partial charge is 0.0710 e. The molecule has 0 radical (unpaired) electrons. The third-order valence-corrected chi connectivity index (χ3v) is 1.92. The first-order chi connectivity index (χ1) is 4.33. The zero-order valence-electron chi connectivity index (χ0n) is 5.56. The molecule has 0 aliphatic carbocycles. The summed E-state index contributed by atoms with van der Waals surface area (Å²) in [6.45, 7) is 1.86. The molecule has 0 aromatic carbocycles. The Kier molecular flexibility index (Phi) is 2.76. The van der Waals surface area contributed by atoms with Crippen molar-refractivity contribution in [3.8, 4) is 0 Å². The lowest BCUT2D eigenvalue weighted by Crippen LogP contribution is -2.40. The minimum Gasteiger partial charge on any atom is -0.380 e. The third kappa shape index (κ3) is 2.12. The van der Waals surface area contributed by atoms with Crippen LogP contribution in [0.25, 0.3) is 0 Å². The van der Waals surface area contributed by atoms with Gasteiger partial charge in [-0.3, -0.25) is 0 Å². The normalized spacial score (nSPS) is 36.7. The lowest BCUT2D eigenvalue weighted by atomic mass is 10.1. The van der Waals surface area contributed by atoms with Crippen molar-refractivity contribution >= 4 is 11.6 Å². The van der Waals surface area contributed by atoms with Crippen LogP contribution in [0, 0.1) is 0 Å². The Labute approximate surface area is 60.5 Å². The van der Waals surface area contributed by atoms with Crippen molar-refractivity contribution in [3.63, 3.8) is 0 Å². The van der Waals surface area contributed by atoms with E-state index in [1.54, 1.807) is 7.11 Å². The summed E-state index contributed by atoms with van der Waals surface area (Å²) in [5.74, 6) is 0. The van der Waals surface area contributed by atoms with Crippen LogP contribution in [0.4, 0.5) is 0 Å². The predicted molar refractivity (Wildman–Crippen MR) is 37.9 cm³/mol. The fourth-order valence-electron chi connectivity index (χ4n) is 1.03. The van der Waals surface area contributed by atoms with Crippen LogP contribution < -0.4 is 5.32 Å². The summed E-state index contributed by atoms with van der Waals surface area (Å²) in [6.07, 6.45) is 1.30. The van der Waals surface area contributed by atoms with Crippen molar-refractivity contribution in [1.82, 2.24) is 5.32 Å². The molecule has 1 aliphatic rings. The molecule has 2 nitrogen and oxygen atoms in total. The minimum absolute atomic E-state index is 0.253. The summed E-state index contributed by atoms with van der Waals surface area (Å²) in [4.78, 5) is 0. The van der Waals surface area contributed by atoms with E-state index in [1.807, 2.05) is 0 Å². The highest BCUT2D eigenvalue weighted by Gasteiger charge is 2.18. The molecule has 1 aliphatic heterocycles. The standard InChI is InChI=1S/C6H12ClNO/c1-9-6-2-5(7)3-8-4-6/h5-6,8H,2-4H2,1H3. The second-order valence-electron chi connectivity index (χ2n) is 2.35. The molecule has 1 rings (SSSR count). The highest BCUT2D eigenvalue weighted by molar-refractivity contribution is 6.20. The number of nitrogens with one attached hydrogen (secondary N) is 1. The van der Waals surface area contributed by atoms with E-state index in [2.05, 4.69) is 5.32 Å². The topological polar surface area (TPSA) is 21.3 Å². The molecule has 1 heterocycles. The Balaban J connectivity index is 2.23. The van der Waals surface area contributed by atoms with E-state index in [9.17, 15) is 0 Å². The van der Waals surface area contributed by atoms with Gasteiger partial charge in [0.05, 0.1) is 6.10 Å². The van der Waals surface area contributed by atoms with Crippen LogP contribution in [0.2, 0.25) is 0 Å². The third-order valence-electron chi connectivity index (χ3n) is 1.59. The van der Waals surface area contributed by atoms with Crippen molar-refractivity contribution in [2.24, 2.45) is 0 Å². The molecular formula is C6H12ClNO. The number of alkyl halides is 1. The predicted octanol–water partition coefficient (Wildman–Crippen LogP) is 0.602. The number of methoxy groups -OCH3 is 1. The van der Waals surface area contributed by atoms with E-state index in [4.69, 9.17) is 16.3 Å². The maximum atomic E-state index is 5.85. The lowest BCUT2D eigenvalue weighted by Gasteiger charge is -2.24. The molecule has 1 saturated heterocycles. The number of rotatable bonds is 1. The molecule has 3 heteroatoms.